The lowest BCUT2D eigenvalue weighted by molar-refractivity contribution is 0.297. The minimum Gasteiger partial charge on any atom is -0.487 e. The predicted molar refractivity (Wildman–Crippen MR) is 131 cm³/mol. The quantitative estimate of drug-likeness (QED) is 0.451. The Morgan fingerprint density at radius 1 is 1.16 bits per heavy atom. The molecule has 1 aromatic heterocycles. The largest absolute Gasteiger partial charge is 0.487 e. The SMILES string of the molecule is Cc1cc(C(C)(C)C)c(Cl)cc1-c1cc(OCc2ccccc2)c2c(n1)CCC[S@@]2(=N)=O. The van der Waals surface area contributed by atoms with E-state index in [2.05, 4.69) is 33.8 Å². The van der Waals surface area contributed by atoms with Gasteiger partial charge in [-0.05, 0) is 47.9 Å². The molecule has 1 aliphatic rings. The lowest BCUT2D eigenvalue weighted by atomic mass is 9.85. The van der Waals surface area contributed by atoms with Gasteiger partial charge in [-0.25, -0.2) is 8.99 Å². The second-order valence-electron chi connectivity index (χ2n) is 9.44. The molecule has 0 aliphatic carbocycles. The normalized spacial score (nSPS) is 18.3. The van der Waals surface area contributed by atoms with Gasteiger partial charge in [0.15, 0.2) is 0 Å². The Bertz CT molecular complexity index is 1260. The highest BCUT2D eigenvalue weighted by atomic mass is 35.5. The Morgan fingerprint density at radius 3 is 2.56 bits per heavy atom. The second kappa shape index (κ2) is 8.53. The lowest BCUT2D eigenvalue weighted by Gasteiger charge is -2.24. The Morgan fingerprint density at radius 2 is 1.88 bits per heavy atom. The number of nitrogens with one attached hydrogen (secondary N) is 1. The monoisotopic (exact) mass is 468 g/mol. The molecule has 2 aromatic carbocycles. The van der Waals surface area contributed by atoms with Gasteiger partial charge in [0, 0.05) is 22.4 Å². The molecule has 168 valence electrons. The van der Waals surface area contributed by atoms with Gasteiger partial charge in [0.2, 0.25) is 0 Å². The fourth-order valence-electron chi connectivity index (χ4n) is 4.14. The van der Waals surface area contributed by atoms with Gasteiger partial charge in [-0.15, -0.1) is 0 Å². The highest BCUT2D eigenvalue weighted by Gasteiger charge is 2.28. The number of rotatable bonds is 4. The fraction of sp³-hybridized carbons (Fsp3) is 0.346. The van der Waals surface area contributed by atoms with Crippen molar-refractivity contribution in [3.63, 3.8) is 0 Å². The van der Waals surface area contributed by atoms with Crippen molar-refractivity contribution < 1.29 is 8.95 Å². The number of aromatic nitrogens is 1. The maximum atomic E-state index is 13.1. The van der Waals surface area contributed by atoms with E-state index in [0.717, 1.165) is 27.9 Å². The van der Waals surface area contributed by atoms with Crippen molar-refractivity contribution in [1.82, 2.24) is 4.98 Å². The van der Waals surface area contributed by atoms with Crippen molar-refractivity contribution in [2.45, 2.75) is 57.5 Å². The van der Waals surface area contributed by atoms with Crippen LogP contribution < -0.4 is 4.74 Å². The number of hydrogen-bond donors (Lipinski definition) is 1. The second-order valence-corrected chi connectivity index (χ2v) is 12.0. The first-order chi connectivity index (χ1) is 15.1. The maximum absolute atomic E-state index is 13.1. The van der Waals surface area contributed by atoms with E-state index in [1.165, 1.54) is 0 Å². The van der Waals surface area contributed by atoms with Crippen LogP contribution in [-0.4, -0.2) is 14.9 Å². The molecule has 0 radical (unpaired) electrons. The third-order valence-electron chi connectivity index (χ3n) is 5.82. The third-order valence-corrected chi connectivity index (χ3v) is 8.09. The van der Waals surface area contributed by atoms with Crippen molar-refractivity contribution in [1.29, 1.82) is 4.78 Å². The van der Waals surface area contributed by atoms with Crippen LogP contribution in [0, 0.1) is 11.7 Å². The van der Waals surface area contributed by atoms with Gasteiger partial charge < -0.3 is 4.74 Å². The summed E-state index contributed by atoms with van der Waals surface area (Å²) in [6.07, 6.45) is 1.38. The molecule has 6 heteroatoms. The molecule has 1 aliphatic heterocycles. The molecule has 0 saturated heterocycles. The van der Waals surface area contributed by atoms with E-state index in [0.29, 0.717) is 46.6 Å². The summed E-state index contributed by atoms with van der Waals surface area (Å²) in [6, 6.07) is 15.8. The minimum absolute atomic E-state index is 0.0651. The zero-order chi connectivity index (χ0) is 23.1. The number of nitrogens with zero attached hydrogens (tertiary/aromatic N) is 1. The van der Waals surface area contributed by atoms with E-state index < -0.39 is 9.73 Å². The summed E-state index contributed by atoms with van der Waals surface area (Å²) in [5.74, 6) is 0.831. The van der Waals surface area contributed by atoms with E-state index in [9.17, 15) is 4.21 Å². The summed E-state index contributed by atoms with van der Waals surface area (Å²) < 4.78 is 27.7. The van der Waals surface area contributed by atoms with Crippen molar-refractivity contribution in [2.75, 3.05) is 5.75 Å². The fourth-order valence-corrected chi connectivity index (χ4v) is 6.31. The van der Waals surface area contributed by atoms with E-state index in [1.54, 1.807) is 0 Å². The smallest absolute Gasteiger partial charge is 0.140 e. The van der Waals surface area contributed by atoms with Crippen LogP contribution in [0.1, 0.15) is 49.6 Å². The molecule has 0 fully saturated rings. The van der Waals surface area contributed by atoms with Gasteiger partial charge in [0.1, 0.15) is 17.3 Å². The standard InChI is InChI=1S/C26H29ClN2O2S/c1-17-13-20(26(2,3)4)21(27)14-19(17)23-15-24(31-16-18-9-6-5-7-10-18)25-22(29-23)11-8-12-32(25,28)30/h5-7,9-10,13-15,28H,8,11-12,16H2,1-4H3/t32-/m1/s1. The number of aryl methyl sites for hydroxylation is 2. The van der Waals surface area contributed by atoms with E-state index in [1.807, 2.05) is 42.5 Å². The molecule has 2 heterocycles. The van der Waals surface area contributed by atoms with Crippen molar-refractivity contribution in [2.24, 2.45) is 0 Å². The van der Waals surface area contributed by atoms with Gasteiger partial charge in [0.05, 0.1) is 21.1 Å². The molecular formula is C26H29ClN2O2S. The number of fused-ring (bicyclic) bond motifs is 1. The molecular weight excluding hydrogens is 440 g/mol. The molecule has 1 atom stereocenters. The van der Waals surface area contributed by atoms with Gasteiger partial charge >= 0.3 is 0 Å². The predicted octanol–water partition coefficient (Wildman–Crippen LogP) is 6.94. The maximum Gasteiger partial charge on any atom is 0.140 e. The lowest BCUT2D eigenvalue weighted by Crippen LogP contribution is -2.18. The average molecular weight is 469 g/mol. The van der Waals surface area contributed by atoms with Crippen LogP contribution in [0.25, 0.3) is 11.3 Å². The van der Waals surface area contributed by atoms with E-state index in [-0.39, 0.29) is 5.41 Å². The van der Waals surface area contributed by atoms with E-state index in [4.69, 9.17) is 26.1 Å². The first kappa shape index (κ1) is 22.8. The van der Waals surface area contributed by atoms with Crippen molar-refractivity contribution in [3.05, 3.63) is 75.9 Å². The number of halogens is 1. The van der Waals surface area contributed by atoms with Gasteiger partial charge in [0.25, 0.3) is 0 Å². The Labute approximate surface area is 196 Å². The van der Waals surface area contributed by atoms with Crippen LogP contribution in [0.2, 0.25) is 5.02 Å². The molecule has 3 aromatic rings. The average Bonchev–Trinajstić information content (AvgIpc) is 2.72. The number of benzene rings is 2. The van der Waals surface area contributed by atoms with Crippen LogP contribution in [0.15, 0.2) is 53.4 Å². The highest BCUT2D eigenvalue weighted by molar-refractivity contribution is 7.92. The molecule has 4 rings (SSSR count). The summed E-state index contributed by atoms with van der Waals surface area (Å²) in [6.45, 7) is 8.83. The molecule has 32 heavy (non-hydrogen) atoms. The molecule has 0 saturated carbocycles. The molecule has 1 N–H and O–H groups in total. The topological polar surface area (TPSA) is 63.0 Å². The molecule has 4 nitrogen and oxygen atoms in total. The minimum atomic E-state index is -2.93. The summed E-state index contributed by atoms with van der Waals surface area (Å²) in [5, 5.41) is 0.702. The zero-order valence-corrected chi connectivity index (χ0v) is 20.6. The van der Waals surface area contributed by atoms with Crippen molar-refractivity contribution >= 4 is 21.3 Å². The summed E-state index contributed by atoms with van der Waals surface area (Å²) in [4.78, 5) is 5.31. The van der Waals surface area contributed by atoms with Gasteiger partial charge in [-0.3, -0.25) is 4.98 Å². The molecule has 0 amide bonds. The highest BCUT2D eigenvalue weighted by Crippen LogP contribution is 2.39. The van der Waals surface area contributed by atoms with Crippen LogP contribution in [-0.2, 0) is 28.2 Å². The number of pyridine rings is 1. The molecule has 0 bridgehead atoms. The first-order valence-electron chi connectivity index (χ1n) is 10.8. The Kier molecular flexibility index (Phi) is 6.08. The number of hydrogen-bond acceptors (Lipinski definition) is 4. The van der Waals surface area contributed by atoms with Crippen LogP contribution >= 0.6 is 11.6 Å². The van der Waals surface area contributed by atoms with E-state index >= 15 is 0 Å². The van der Waals surface area contributed by atoms with Crippen LogP contribution in [0.3, 0.4) is 0 Å². The summed E-state index contributed by atoms with van der Waals surface area (Å²) in [7, 11) is -2.93. The van der Waals surface area contributed by atoms with Crippen molar-refractivity contribution in [3.8, 4) is 17.0 Å². The van der Waals surface area contributed by atoms with Gasteiger partial charge in [-0.1, -0.05) is 68.8 Å². The van der Waals surface area contributed by atoms with Gasteiger partial charge in [-0.2, -0.15) is 0 Å². The Balaban J connectivity index is 1.83. The first-order valence-corrected chi connectivity index (χ1v) is 12.9. The number of ether oxygens (including phenoxy) is 1. The van der Waals surface area contributed by atoms with Crippen LogP contribution in [0.4, 0.5) is 0 Å². The third kappa shape index (κ3) is 4.55. The van der Waals surface area contributed by atoms with Crippen LogP contribution in [0.5, 0.6) is 5.75 Å². The summed E-state index contributed by atoms with van der Waals surface area (Å²) >= 11 is 6.67. The molecule has 0 unspecified atom stereocenters. The Hall–Kier alpha value is -2.37. The summed E-state index contributed by atoms with van der Waals surface area (Å²) in [5.41, 5.74) is 5.48. The molecule has 0 spiro atoms. The zero-order valence-electron chi connectivity index (χ0n) is 19.0.